The van der Waals surface area contributed by atoms with Crippen molar-refractivity contribution in [2.24, 2.45) is 0 Å². The fraction of sp³-hybridized carbons (Fsp3) is 0.200. The molecule has 0 bridgehead atoms. The van der Waals surface area contributed by atoms with E-state index in [0.29, 0.717) is 16.4 Å². The zero-order valence-electron chi connectivity index (χ0n) is 9.56. The summed E-state index contributed by atoms with van der Waals surface area (Å²) in [6.45, 7) is -0.419. The Morgan fingerprint density at radius 3 is 2.95 bits per heavy atom. The molecule has 2 heterocycles. The summed E-state index contributed by atoms with van der Waals surface area (Å²) in [6.07, 6.45) is 2.90. The summed E-state index contributed by atoms with van der Waals surface area (Å²) in [7, 11) is 0. The molecule has 1 amide bonds. The highest BCUT2D eigenvalue weighted by atomic mass is 35.5. The molecule has 0 saturated carbocycles. The van der Waals surface area contributed by atoms with Gasteiger partial charge in [0.05, 0.1) is 29.1 Å². The Kier molecular flexibility index (Phi) is 3.93. The number of halogens is 1. The van der Waals surface area contributed by atoms with E-state index in [2.05, 4.69) is 20.4 Å². The van der Waals surface area contributed by atoms with Crippen LogP contribution < -0.4 is 5.32 Å². The van der Waals surface area contributed by atoms with Gasteiger partial charge in [-0.15, -0.1) is 0 Å². The number of pyridine rings is 1. The second-order valence-electron chi connectivity index (χ2n) is 3.59. The van der Waals surface area contributed by atoms with Gasteiger partial charge in [-0.05, 0) is 6.07 Å². The Morgan fingerprint density at radius 1 is 1.58 bits per heavy atom. The molecule has 0 aliphatic carbocycles. The number of aliphatic hydroxyl groups is 1. The lowest BCUT2D eigenvalue weighted by Gasteiger charge is -2.14. The van der Waals surface area contributed by atoms with Gasteiger partial charge in [0.25, 0.3) is 0 Å². The van der Waals surface area contributed by atoms with Crippen LogP contribution in [0.15, 0.2) is 24.9 Å². The molecule has 8 nitrogen and oxygen atoms in total. The molecule has 1 atom stereocenters. The van der Waals surface area contributed by atoms with Gasteiger partial charge in [-0.3, -0.25) is 4.98 Å². The van der Waals surface area contributed by atoms with Crippen LogP contribution >= 0.6 is 11.6 Å². The van der Waals surface area contributed by atoms with E-state index >= 15 is 0 Å². The molecular weight excluding hydrogens is 274 g/mol. The van der Waals surface area contributed by atoms with Crippen LogP contribution in [0, 0.1) is 0 Å². The topological polar surface area (TPSA) is 113 Å². The van der Waals surface area contributed by atoms with E-state index in [-0.39, 0.29) is 0 Å². The van der Waals surface area contributed by atoms with Gasteiger partial charge in [0.1, 0.15) is 12.7 Å². The molecule has 1 unspecified atom stereocenters. The highest BCUT2D eigenvalue weighted by Gasteiger charge is 2.16. The smallest absolute Gasteiger partial charge is 0.405 e. The van der Waals surface area contributed by atoms with E-state index < -0.39 is 18.7 Å². The van der Waals surface area contributed by atoms with Crippen LogP contribution in [0.2, 0.25) is 5.02 Å². The predicted octanol–water partition coefficient (Wildman–Crippen LogP) is 0.617. The minimum atomic E-state index is -1.25. The van der Waals surface area contributed by atoms with Crippen LogP contribution in [-0.4, -0.2) is 42.7 Å². The highest BCUT2D eigenvalue weighted by Crippen LogP contribution is 2.21. The Hall–Kier alpha value is -2.19. The van der Waals surface area contributed by atoms with Gasteiger partial charge in [0, 0.05) is 6.20 Å². The molecule has 19 heavy (non-hydrogen) atoms. The van der Waals surface area contributed by atoms with E-state index in [1.54, 1.807) is 0 Å². The maximum atomic E-state index is 10.6. The third-order valence-electron chi connectivity index (χ3n) is 2.36. The average molecular weight is 284 g/mol. The van der Waals surface area contributed by atoms with Crippen molar-refractivity contribution in [3.8, 4) is 5.69 Å². The van der Waals surface area contributed by atoms with Gasteiger partial charge in [0.15, 0.2) is 0 Å². The SMILES string of the molecule is O=C(O)NC(CO)c1cc(-n2cncn2)c(Cl)cn1. The van der Waals surface area contributed by atoms with Crippen LogP contribution in [-0.2, 0) is 0 Å². The van der Waals surface area contributed by atoms with E-state index in [9.17, 15) is 9.90 Å². The first-order chi connectivity index (χ1) is 9.11. The zero-order chi connectivity index (χ0) is 13.8. The summed E-state index contributed by atoms with van der Waals surface area (Å²) in [5, 5.41) is 24.3. The van der Waals surface area contributed by atoms with Crippen molar-refractivity contribution in [3.63, 3.8) is 0 Å². The molecule has 2 aromatic rings. The van der Waals surface area contributed by atoms with Crippen molar-refractivity contribution < 1.29 is 15.0 Å². The summed E-state index contributed by atoms with van der Waals surface area (Å²) < 4.78 is 1.42. The van der Waals surface area contributed by atoms with Gasteiger partial charge in [-0.25, -0.2) is 14.5 Å². The molecule has 100 valence electrons. The van der Waals surface area contributed by atoms with Gasteiger partial charge < -0.3 is 15.5 Å². The second-order valence-corrected chi connectivity index (χ2v) is 3.99. The van der Waals surface area contributed by atoms with E-state index in [1.165, 1.54) is 29.6 Å². The summed E-state index contributed by atoms with van der Waals surface area (Å²) in [6, 6.07) is 0.699. The Bertz CT molecular complexity index is 575. The van der Waals surface area contributed by atoms with Crippen molar-refractivity contribution in [1.82, 2.24) is 25.1 Å². The monoisotopic (exact) mass is 283 g/mol. The maximum absolute atomic E-state index is 10.6. The lowest BCUT2D eigenvalue weighted by molar-refractivity contribution is 0.177. The third-order valence-corrected chi connectivity index (χ3v) is 2.65. The number of rotatable bonds is 4. The molecule has 0 spiro atoms. The minimum Gasteiger partial charge on any atom is -0.465 e. The average Bonchev–Trinajstić information content (AvgIpc) is 2.90. The van der Waals surface area contributed by atoms with Crippen LogP contribution in [0.5, 0.6) is 0 Å². The standard InChI is InChI=1S/C10H10ClN5O3/c11-6-2-13-7(8(3-17)15-10(18)19)1-9(6)16-5-12-4-14-16/h1-2,4-5,8,15,17H,3H2,(H,18,19). The number of carbonyl (C=O) groups is 1. The number of hydrogen-bond donors (Lipinski definition) is 3. The lowest BCUT2D eigenvalue weighted by Crippen LogP contribution is -2.30. The first-order valence-corrected chi connectivity index (χ1v) is 5.60. The minimum absolute atomic E-state index is 0.333. The number of nitrogens with zero attached hydrogens (tertiary/aromatic N) is 4. The molecule has 2 aromatic heterocycles. The second kappa shape index (κ2) is 5.63. The molecule has 0 aliphatic heterocycles. The Morgan fingerprint density at radius 2 is 2.37 bits per heavy atom. The predicted molar refractivity (Wildman–Crippen MR) is 65.2 cm³/mol. The van der Waals surface area contributed by atoms with E-state index in [1.807, 2.05) is 0 Å². The van der Waals surface area contributed by atoms with Crippen LogP contribution in [0.1, 0.15) is 11.7 Å². The van der Waals surface area contributed by atoms with Crippen LogP contribution in [0.4, 0.5) is 4.79 Å². The van der Waals surface area contributed by atoms with Crippen molar-refractivity contribution in [1.29, 1.82) is 0 Å². The number of nitrogens with one attached hydrogen (secondary N) is 1. The fourth-order valence-corrected chi connectivity index (χ4v) is 1.69. The number of aromatic nitrogens is 4. The molecule has 0 saturated heterocycles. The summed E-state index contributed by atoms with van der Waals surface area (Å²) in [4.78, 5) is 18.4. The molecule has 0 radical (unpaired) electrons. The Labute approximate surface area is 112 Å². The zero-order valence-corrected chi connectivity index (χ0v) is 10.3. The quantitative estimate of drug-likeness (QED) is 0.758. The third kappa shape index (κ3) is 2.98. The van der Waals surface area contributed by atoms with E-state index in [0.717, 1.165) is 0 Å². The molecule has 0 fully saturated rings. The van der Waals surface area contributed by atoms with Crippen molar-refractivity contribution >= 4 is 17.7 Å². The molecule has 9 heteroatoms. The molecule has 2 rings (SSSR count). The molecule has 0 aliphatic rings. The van der Waals surface area contributed by atoms with Crippen molar-refractivity contribution in [3.05, 3.63) is 35.6 Å². The first-order valence-electron chi connectivity index (χ1n) is 5.22. The van der Waals surface area contributed by atoms with Gasteiger partial charge in [-0.2, -0.15) is 5.10 Å². The van der Waals surface area contributed by atoms with Gasteiger partial charge in [-0.1, -0.05) is 11.6 Å². The number of aliphatic hydroxyl groups excluding tert-OH is 1. The van der Waals surface area contributed by atoms with Crippen LogP contribution in [0.3, 0.4) is 0 Å². The first kappa shape index (κ1) is 13.2. The van der Waals surface area contributed by atoms with Crippen molar-refractivity contribution in [2.75, 3.05) is 6.61 Å². The van der Waals surface area contributed by atoms with Gasteiger partial charge in [0.2, 0.25) is 0 Å². The highest BCUT2D eigenvalue weighted by molar-refractivity contribution is 6.32. The lowest BCUT2D eigenvalue weighted by atomic mass is 10.2. The largest absolute Gasteiger partial charge is 0.465 e. The Balaban J connectivity index is 2.37. The number of amides is 1. The summed E-state index contributed by atoms with van der Waals surface area (Å²) in [5.74, 6) is 0. The van der Waals surface area contributed by atoms with Gasteiger partial charge >= 0.3 is 6.09 Å². The molecule has 0 aromatic carbocycles. The fourth-order valence-electron chi connectivity index (χ4n) is 1.50. The molecular formula is C10H10ClN5O3. The molecule has 3 N–H and O–H groups in total. The number of hydrogen-bond acceptors (Lipinski definition) is 5. The normalized spacial score (nSPS) is 12.1. The number of carboxylic acid groups (broad SMARTS) is 1. The van der Waals surface area contributed by atoms with Crippen LogP contribution in [0.25, 0.3) is 5.69 Å². The summed E-state index contributed by atoms with van der Waals surface area (Å²) >= 11 is 5.99. The van der Waals surface area contributed by atoms with Crippen molar-refractivity contribution in [2.45, 2.75) is 6.04 Å². The maximum Gasteiger partial charge on any atom is 0.405 e. The van der Waals surface area contributed by atoms with E-state index in [4.69, 9.17) is 16.7 Å². The summed E-state index contributed by atoms with van der Waals surface area (Å²) in [5.41, 5.74) is 0.828.